The smallest absolute Gasteiger partial charge is 0.294 e. The van der Waals surface area contributed by atoms with E-state index < -0.39 is 0 Å². The van der Waals surface area contributed by atoms with Crippen molar-refractivity contribution in [2.24, 2.45) is 7.05 Å². The average molecular weight is 537 g/mol. The Morgan fingerprint density at radius 2 is 1.95 bits per heavy atom. The second-order valence-corrected chi connectivity index (χ2v) is 9.97. The fraction of sp³-hybridized carbons (Fsp3) is 0.346. The molecule has 4 aromatic rings. The molecule has 0 radical (unpaired) electrons. The number of ether oxygens (including phenoxy) is 1. The molecule has 1 saturated heterocycles. The van der Waals surface area contributed by atoms with Crippen LogP contribution in [-0.2, 0) is 7.05 Å². The van der Waals surface area contributed by atoms with E-state index in [1.165, 1.54) is 19.4 Å². The lowest BCUT2D eigenvalue weighted by Crippen LogP contribution is -2.42. The van der Waals surface area contributed by atoms with Gasteiger partial charge in [0.05, 0.1) is 34.6 Å². The van der Waals surface area contributed by atoms with E-state index in [1.807, 2.05) is 34.8 Å². The number of nitrogens with zero attached hydrogens (tertiary/aromatic N) is 7. The Balaban J connectivity index is 1.47. The largest absolute Gasteiger partial charge is 0.494 e. The van der Waals surface area contributed by atoms with Crippen LogP contribution in [0.25, 0.3) is 22.3 Å². The van der Waals surface area contributed by atoms with E-state index in [2.05, 4.69) is 39.3 Å². The summed E-state index contributed by atoms with van der Waals surface area (Å²) in [6.45, 7) is 1.45. The van der Waals surface area contributed by atoms with Crippen LogP contribution in [0.5, 0.6) is 5.75 Å². The number of nitro benzene ring substituents is 1. The number of fused-ring (bicyclic) bond motifs is 1. The Hall–Kier alpha value is -3.96. The van der Waals surface area contributed by atoms with Crippen molar-refractivity contribution in [2.45, 2.75) is 18.9 Å². The van der Waals surface area contributed by atoms with Crippen LogP contribution in [-0.4, -0.2) is 69.7 Å². The molecule has 3 aromatic heterocycles. The van der Waals surface area contributed by atoms with Gasteiger partial charge in [-0.15, -0.1) is 0 Å². The molecule has 0 saturated carbocycles. The maximum absolute atomic E-state index is 12.1. The summed E-state index contributed by atoms with van der Waals surface area (Å²) in [5.41, 5.74) is 2.99. The van der Waals surface area contributed by atoms with Gasteiger partial charge in [-0.2, -0.15) is 0 Å². The van der Waals surface area contributed by atoms with E-state index in [9.17, 15) is 10.1 Å². The first-order chi connectivity index (χ1) is 18.2. The Kier molecular flexibility index (Phi) is 7.04. The van der Waals surface area contributed by atoms with Crippen LogP contribution >= 0.6 is 11.6 Å². The standard InChI is InChI=1S/C26H29ClN8O3/c1-32(2)18-6-9-34(10-7-18)21-13-23(38-4)20(12-22(21)35(36)37)30-26-29-15-19(27)24(31-26)17-11-16-5-8-33(3)25(16)28-14-17/h5,8,11-15,18H,6-7,9-10H2,1-4H3,(H,29,30,31). The molecular weight excluding hydrogens is 508 g/mol. The molecule has 5 rings (SSSR count). The van der Waals surface area contributed by atoms with Gasteiger partial charge >= 0.3 is 0 Å². The van der Waals surface area contributed by atoms with Gasteiger partial charge in [-0.25, -0.2) is 15.0 Å². The number of nitrogens with one attached hydrogen (secondary N) is 1. The van der Waals surface area contributed by atoms with E-state index in [0.717, 1.165) is 42.5 Å². The maximum Gasteiger partial charge on any atom is 0.294 e. The SMILES string of the molecule is COc1cc(N2CCC(N(C)C)CC2)c([N+](=O)[O-])cc1Nc1ncc(Cl)c(-c2cnc3c(ccn3C)c2)n1. The van der Waals surface area contributed by atoms with Gasteiger partial charge < -0.3 is 24.4 Å². The van der Waals surface area contributed by atoms with Crippen molar-refractivity contribution in [1.82, 2.24) is 24.4 Å². The Morgan fingerprint density at radius 3 is 2.63 bits per heavy atom. The topological polar surface area (TPSA) is 114 Å². The minimum absolute atomic E-state index is 0.00970. The van der Waals surface area contributed by atoms with Crippen LogP contribution < -0.4 is 15.0 Å². The summed E-state index contributed by atoms with van der Waals surface area (Å²) in [6, 6.07) is 7.57. The predicted octanol–water partition coefficient (Wildman–Crippen LogP) is 4.87. The molecule has 1 aliphatic rings. The molecule has 11 nitrogen and oxygen atoms in total. The summed E-state index contributed by atoms with van der Waals surface area (Å²) in [6.07, 6.45) is 6.99. The van der Waals surface area contributed by atoms with Crippen LogP contribution in [0.2, 0.25) is 5.02 Å². The fourth-order valence-corrected chi connectivity index (χ4v) is 5.08. The number of halogens is 1. The summed E-state index contributed by atoms with van der Waals surface area (Å²) in [7, 11) is 7.59. The zero-order valence-corrected chi connectivity index (χ0v) is 22.4. The van der Waals surface area contributed by atoms with Crippen molar-refractivity contribution in [2.75, 3.05) is 44.5 Å². The van der Waals surface area contributed by atoms with Gasteiger partial charge in [0.1, 0.15) is 17.1 Å². The molecular formula is C26H29ClN8O3. The van der Waals surface area contributed by atoms with Gasteiger partial charge in [0.15, 0.2) is 0 Å². The van der Waals surface area contributed by atoms with Gasteiger partial charge in [-0.3, -0.25) is 10.1 Å². The Morgan fingerprint density at radius 1 is 1.18 bits per heavy atom. The Labute approximate surface area is 225 Å². The quantitative estimate of drug-likeness (QED) is 0.261. The lowest BCUT2D eigenvalue weighted by atomic mass is 10.0. The number of rotatable bonds is 7. The normalized spacial score (nSPS) is 14.3. The highest BCUT2D eigenvalue weighted by atomic mass is 35.5. The van der Waals surface area contributed by atoms with Crippen molar-refractivity contribution < 1.29 is 9.66 Å². The number of hydrogen-bond donors (Lipinski definition) is 1. The first-order valence-corrected chi connectivity index (χ1v) is 12.6. The number of benzene rings is 1. The summed E-state index contributed by atoms with van der Waals surface area (Å²) >= 11 is 6.44. The molecule has 1 aromatic carbocycles. The summed E-state index contributed by atoms with van der Waals surface area (Å²) in [5.74, 6) is 0.678. The minimum Gasteiger partial charge on any atom is -0.494 e. The molecule has 0 bridgehead atoms. The lowest BCUT2D eigenvalue weighted by molar-refractivity contribution is -0.384. The number of anilines is 3. The zero-order valence-electron chi connectivity index (χ0n) is 21.7. The Bertz CT molecular complexity index is 1500. The maximum atomic E-state index is 12.1. The molecule has 0 unspecified atom stereocenters. The minimum atomic E-state index is -0.368. The highest BCUT2D eigenvalue weighted by Crippen LogP contribution is 2.40. The number of aryl methyl sites for hydroxylation is 1. The molecule has 38 heavy (non-hydrogen) atoms. The first-order valence-electron chi connectivity index (χ1n) is 12.2. The van der Waals surface area contributed by atoms with Crippen LogP contribution in [0.3, 0.4) is 0 Å². The van der Waals surface area contributed by atoms with Gasteiger partial charge in [0.2, 0.25) is 5.95 Å². The highest BCUT2D eigenvalue weighted by Gasteiger charge is 2.28. The highest BCUT2D eigenvalue weighted by molar-refractivity contribution is 6.33. The number of aromatic nitrogens is 4. The molecule has 1 fully saturated rings. The van der Waals surface area contributed by atoms with Crippen molar-refractivity contribution >= 4 is 45.6 Å². The van der Waals surface area contributed by atoms with E-state index >= 15 is 0 Å². The molecule has 1 aliphatic heterocycles. The van der Waals surface area contributed by atoms with E-state index in [0.29, 0.717) is 33.9 Å². The van der Waals surface area contributed by atoms with Crippen LogP contribution in [0.15, 0.2) is 42.9 Å². The third kappa shape index (κ3) is 4.94. The lowest BCUT2D eigenvalue weighted by Gasteiger charge is -2.36. The predicted molar refractivity (Wildman–Crippen MR) is 149 cm³/mol. The van der Waals surface area contributed by atoms with Crippen molar-refractivity contribution in [1.29, 1.82) is 0 Å². The second kappa shape index (κ2) is 10.4. The molecule has 0 spiro atoms. The zero-order chi connectivity index (χ0) is 27.0. The number of hydrogen-bond acceptors (Lipinski definition) is 9. The van der Waals surface area contributed by atoms with Gasteiger partial charge in [0, 0.05) is 61.7 Å². The van der Waals surface area contributed by atoms with Gasteiger partial charge in [-0.05, 0) is 39.1 Å². The van der Waals surface area contributed by atoms with E-state index in [4.69, 9.17) is 16.3 Å². The molecule has 198 valence electrons. The molecule has 4 heterocycles. The molecule has 12 heteroatoms. The summed E-state index contributed by atoms with van der Waals surface area (Å²) in [5, 5.41) is 16.5. The van der Waals surface area contributed by atoms with E-state index in [1.54, 1.807) is 12.3 Å². The van der Waals surface area contributed by atoms with E-state index in [-0.39, 0.29) is 16.6 Å². The third-order valence-electron chi connectivity index (χ3n) is 7.00. The molecule has 0 amide bonds. The van der Waals surface area contributed by atoms with Crippen LogP contribution in [0, 0.1) is 10.1 Å². The van der Waals surface area contributed by atoms with Crippen molar-refractivity contribution in [3.63, 3.8) is 0 Å². The summed E-state index contributed by atoms with van der Waals surface area (Å²) in [4.78, 5) is 29.4. The first kappa shape index (κ1) is 25.7. The number of nitro groups is 1. The van der Waals surface area contributed by atoms with Crippen LogP contribution in [0.1, 0.15) is 12.8 Å². The molecule has 1 N–H and O–H groups in total. The monoisotopic (exact) mass is 536 g/mol. The summed E-state index contributed by atoms with van der Waals surface area (Å²) < 4.78 is 7.55. The molecule has 0 aliphatic carbocycles. The van der Waals surface area contributed by atoms with Gasteiger partial charge in [-0.1, -0.05) is 11.6 Å². The molecule has 0 atom stereocenters. The number of methoxy groups -OCH3 is 1. The third-order valence-corrected chi connectivity index (χ3v) is 7.28. The number of pyridine rings is 1. The van der Waals surface area contributed by atoms with Crippen molar-refractivity contribution in [3.05, 3.63) is 58.0 Å². The average Bonchev–Trinajstić information content (AvgIpc) is 3.29. The van der Waals surface area contributed by atoms with Crippen molar-refractivity contribution in [3.8, 4) is 17.0 Å². The number of piperidine rings is 1. The van der Waals surface area contributed by atoms with Gasteiger partial charge in [0.25, 0.3) is 5.69 Å². The second-order valence-electron chi connectivity index (χ2n) is 9.56. The fourth-order valence-electron chi connectivity index (χ4n) is 4.88. The van der Waals surface area contributed by atoms with Crippen LogP contribution in [0.4, 0.5) is 23.0 Å².